The van der Waals surface area contributed by atoms with Crippen LogP contribution in [0.15, 0.2) is 11.6 Å². The van der Waals surface area contributed by atoms with Crippen molar-refractivity contribution in [3.8, 4) is 0 Å². The maximum absolute atomic E-state index is 11.4. The first kappa shape index (κ1) is 3.34. The number of hydrogen-bond donors (Lipinski definition) is 2. The average Bonchev–Trinajstić information content (AvgIpc) is 2.44. The van der Waals surface area contributed by atoms with Gasteiger partial charge in [0.25, 0.3) is 0 Å². The summed E-state index contributed by atoms with van der Waals surface area (Å²) in [6, 6.07) is -1.95. The molecule has 86 valence electrons. The maximum atomic E-state index is 11.4. The predicted octanol–water partition coefficient (Wildman–Crippen LogP) is 2.30. The number of carboxylic acids is 2. The van der Waals surface area contributed by atoms with E-state index in [9.17, 15) is 9.59 Å². The Balaban J connectivity index is 6.94. The molecule has 0 bridgehead atoms. The second-order valence-corrected chi connectivity index (χ2v) is 2.24. The van der Waals surface area contributed by atoms with Gasteiger partial charge in [0.05, 0.1) is 7.26 Å². The van der Waals surface area contributed by atoms with Crippen LogP contribution in [0.2, 0.25) is 0 Å². The van der Waals surface area contributed by atoms with Gasteiger partial charge < -0.3 is 10.2 Å². The zero-order valence-electron chi connectivity index (χ0n) is 20.7. The molecular weight excluding hydrogens is 196 g/mol. The first-order valence-electron chi connectivity index (χ1n) is 10.1. The fourth-order valence-electron chi connectivity index (χ4n) is 0.571. The minimum Gasteiger partial charge on any atom is -0.481 e. The van der Waals surface area contributed by atoms with Crippen molar-refractivity contribution in [3.63, 3.8) is 0 Å². The summed E-state index contributed by atoms with van der Waals surface area (Å²) < 4.78 is 97.4. The largest absolute Gasteiger partial charge is 0.481 e. The summed E-state index contributed by atoms with van der Waals surface area (Å²) in [5.41, 5.74) is -1.74. The molecule has 0 aliphatic rings. The Morgan fingerprint density at radius 3 is 2.73 bits per heavy atom. The smallest absolute Gasteiger partial charge is 0.332 e. The summed E-state index contributed by atoms with van der Waals surface area (Å²) in [5, 5.41) is 18.1. The lowest BCUT2D eigenvalue weighted by atomic mass is 9.99. The van der Waals surface area contributed by atoms with E-state index >= 15 is 0 Å². The number of carbonyl (C=O) groups is 2. The quantitative estimate of drug-likeness (QED) is 0.654. The molecule has 0 fully saturated rings. The van der Waals surface area contributed by atoms with Crippen molar-refractivity contribution in [1.82, 2.24) is 0 Å². The Hall–Kier alpha value is -1.32. The normalized spacial score (nSPS) is 33.8. The second kappa shape index (κ2) is 7.04. The van der Waals surface area contributed by atoms with Gasteiger partial charge in [-0.05, 0) is 19.7 Å². The molecule has 0 aliphatic heterocycles. The fraction of sp³-hybridized carbons (Fsp3) is 0.636. The summed E-state index contributed by atoms with van der Waals surface area (Å²) in [4.78, 5) is 22.5. The van der Waals surface area contributed by atoms with E-state index in [2.05, 4.69) is 0 Å². The fourth-order valence-corrected chi connectivity index (χ4v) is 0.571. The van der Waals surface area contributed by atoms with E-state index < -0.39 is 61.8 Å². The van der Waals surface area contributed by atoms with E-state index in [0.717, 1.165) is 0 Å². The highest BCUT2D eigenvalue weighted by atomic mass is 16.4. The molecule has 0 radical (unpaired) electrons. The van der Waals surface area contributed by atoms with Gasteiger partial charge in [0.2, 0.25) is 0 Å². The van der Waals surface area contributed by atoms with Crippen molar-refractivity contribution in [1.29, 1.82) is 0 Å². The van der Waals surface area contributed by atoms with E-state index in [-0.39, 0.29) is 0 Å². The predicted molar refractivity (Wildman–Crippen MR) is 56.7 cm³/mol. The summed E-state index contributed by atoms with van der Waals surface area (Å²) in [7, 11) is 0. The molecule has 0 aromatic rings. The van der Waals surface area contributed by atoms with Crippen molar-refractivity contribution in [2.45, 2.75) is 39.3 Å². The number of carboxylic acid groups (broad SMARTS) is 2. The lowest BCUT2D eigenvalue weighted by Crippen LogP contribution is -2.18. The molecule has 0 amide bonds. The SMILES string of the molecule is [2H]/C(=C(\C(=O)O)C([2H])(C)C(=O)O)C([2H])([2H])C([2H])([2H])C([2H])([2H])C([2H])([2H])C([2H])([2H])[2H]. The third kappa shape index (κ3) is 5.20. The second-order valence-electron chi connectivity index (χ2n) is 2.24. The van der Waals surface area contributed by atoms with Gasteiger partial charge in [-0.2, -0.15) is 0 Å². The van der Waals surface area contributed by atoms with Crippen LogP contribution in [-0.2, 0) is 9.59 Å². The van der Waals surface area contributed by atoms with Crippen LogP contribution < -0.4 is 0 Å². The van der Waals surface area contributed by atoms with Crippen molar-refractivity contribution in [3.05, 3.63) is 11.6 Å². The van der Waals surface area contributed by atoms with Crippen LogP contribution in [0.3, 0.4) is 0 Å². The topological polar surface area (TPSA) is 74.6 Å². The molecule has 0 saturated heterocycles. The summed E-state index contributed by atoms with van der Waals surface area (Å²) in [6.45, 7) is -3.30. The molecule has 0 aromatic heterocycles. The van der Waals surface area contributed by atoms with Gasteiger partial charge in [0.15, 0.2) is 0 Å². The lowest BCUT2D eigenvalue weighted by Gasteiger charge is -2.07. The Morgan fingerprint density at radius 2 is 2.27 bits per heavy atom. The van der Waals surface area contributed by atoms with E-state index in [0.29, 0.717) is 6.92 Å². The molecule has 0 aliphatic carbocycles. The highest BCUT2D eigenvalue weighted by molar-refractivity contribution is 5.93. The van der Waals surface area contributed by atoms with Gasteiger partial charge in [0.1, 0.15) is 0 Å². The van der Waals surface area contributed by atoms with Crippen molar-refractivity contribution in [2.24, 2.45) is 5.89 Å². The number of aliphatic carboxylic acids is 2. The molecule has 0 saturated carbocycles. The molecule has 0 aromatic carbocycles. The Labute approximate surface area is 108 Å². The summed E-state index contributed by atoms with van der Waals surface area (Å²) in [5.74, 6) is -7.56. The van der Waals surface area contributed by atoms with Gasteiger partial charge >= 0.3 is 11.9 Å². The highest BCUT2D eigenvalue weighted by Gasteiger charge is 2.21. The molecule has 1 unspecified atom stereocenters. The monoisotopic (exact) mass is 227 g/mol. The zero-order valence-corrected chi connectivity index (χ0v) is 7.71. The Morgan fingerprint density at radius 1 is 1.60 bits per heavy atom. The first-order chi connectivity index (χ1) is 11.9. The third-order valence-electron chi connectivity index (χ3n) is 1.28. The van der Waals surface area contributed by atoms with Crippen LogP contribution in [0.5, 0.6) is 0 Å². The zero-order chi connectivity index (χ0) is 23.3. The average molecular weight is 227 g/mol. The van der Waals surface area contributed by atoms with E-state index in [1.807, 2.05) is 0 Å². The standard InChI is InChI=1S/C11H18O4/c1-3-4-5-6-7-9(11(14)15)8(2)10(12)13/h7-8H,3-6H2,1-2H3,(H,12,13)(H,14,15)/b9-7+/i1D3,3D2,4D2,5D2,6D2,7D,8D. The van der Waals surface area contributed by atoms with Crippen LogP contribution in [0.1, 0.15) is 57.1 Å². The van der Waals surface area contributed by atoms with Gasteiger partial charge in [-0.25, -0.2) is 4.79 Å². The summed E-state index contributed by atoms with van der Waals surface area (Å²) >= 11 is 0. The van der Waals surface area contributed by atoms with E-state index in [1.54, 1.807) is 0 Å². The first-order valence-corrected chi connectivity index (χ1v) is 3.61. The van der Waals surface area contributed by atoms with Crippen LogP contribution >= 0.6 is 0 Å². The molecule has 0 rings (SSSR count). The molecule has 0 heterocycles. The minimum atomic E-state index is -4.18. The molecule has 0 spiro atoms. The molecule has 2 N–H and O–H groups in total. The van der Waals surface area contributed by atoms with Crippen molar-refractivity contribution >= 4 is 11.9 Å². The van der Waals surface area contributed by atoms with Gasteiger partial charge in [-0.3, -0.25) is 4.79 Å². The van der Waals surface area contributed by atoms with Crippen molar-refractivity contribution in [2.75, 3.05) is 0 Å². The van der Waals surface area contributed by atoms with Crippen LogP contribution in [0.25, 0.3) is 0 Å². The van der Waals surface area contributed by atoms with E-state index in [1.165, 1.54) is 0 Å². The van der Waals surface area contributed by atoms with Gasteiger partial charge in [-0.1, -0.05) is 25.6 Å². The molecule has 15 heavy (non-hydrogen) atoms. The molecular formula is C11H18O4. The van der Waals surface area contributed by atoms with Crippen molar-refractivity contribution < 1.29 is 37.6 Å². The molecule has 4 heteroatoms. The number of hydrogen-bond acceptors (Lipinski definition) is 2. The van der Waals surface area contributed by atoms with Crippen LogP contribution in [0, 0.1) is 5.89 Å². The van der Waals surface area contributed by atoms with Gasteiger partial charge in [0, 0.05) is 22.0 Å². The van der Waals surface area contributed by atoms with Crippen LogP contribution in [0.4, 0.5) is 0 Å². The molecule has 4 nitrogen and oxygen atoms in total. The van der Waals surface area contributed by atoms with Gasteiger partial charge in [-0.15, -0.1) is 0 Å². The van der Waals surface area contributed by atoms with Crippen LogP contribution in [-0.4, -0.2) is 22.2 Å². The Kier molecular flexibility index (Phi) is 1.56. The lowest BCUT2D eigenvalue weighted by molar-refractivity contribution is -0.143. The minimum absolute atomic E-state index is 0.468. The number of rotatable bonds is 7. The Bertz CT molecular complexity index is 689. The van der Waals surface area contributed by atoms with E-state index in [4.69, 9.17) is 28.0 Å². The maximum Gasteiger partial charge on any atom is 0.332 e. The third-order valence-corrected chi connectivity index (χ3v) is 1.28. The number of allylic oxidation sites excluding steroid dienone is 1. The molecule has 1 atom stereocenters. The highest BCUT2D eigenvalue weighted by Crippen LogP contribution is 2.13. The summed E-state index contributed by atoms with van der Waals surface area (Å²) in [6.07, 6.45) is -16.4.